The highest BCUT2D eigenvalue weighted by molar-refractivity contribution is 6.13. The van der Waals surface area contributed by atoms with Gasteiger partial charge in [-0.05, 0) is 70.4 Å². The van der Waals surface area contributed by atoms with Crippen LogP contribution in [-0.2, 0) is 16.4 Å². The fourth-order valence-electron chi connectivity index (χ4n) is 6.83. The second-order valence-electron chi connectivity index (χ2n) is 11.4. The van der Waals surface area contributed by atoms with Crippen LogP contribution in [0.15, 0.2) is 45.5 Å². The molecule has 2 bridgehead atoms. The van der Waals surface area contributed by atoms with Gasteiger partial charge in [0.05, 0.1) is 16.9 Å². The molecule has 3 nitrogen and oxygen atoms in total. The minimum absolute atomic E-state index is 0.0627. The summed E-state index contributed by atoms with van der Waals surface area (Å²) in [6.45, 7) is 18.0. The summed E-state index contributed by atoms with van der Waals surface area (Å²) in [5.41, 5.74) is 13.7. The van der Waals surface area contributed by atoms with Gasteiger partial charge < -0.3 is 5.73 Å². The van der Waals surface area contributed by atoms with Crippen molar-refractivity contribution >= 4 is 11.8 Å². The van der Waals surface area contributed by atoms with E-state index in [2.05, 4.69) is 70.8 Å². The Hall–Kier alpha value is -2.23. The van der Waals surface area contributed by atoms with Crippen LogP contribution in [0.1, 0.15) is 96.9 Å². The molecule has 4 rings (SSSR count). The summed E-state index contributed by atoms with van der Waals surface area (Å²) in [5, 5.41) is 0. The number of benzene rings is 1. The minimum atomic E-state index is -0.879. The van der Waals surface area contributed by atoms with Crippen molar-refractivity contribution in [3.8, 4) is 0 Å². The molecule has 0 saturated carbocycles. The quantitative estimate of drug-likeness (QED) is 0.314. The van der Waals surface area contributed by atoms with Gasteiger partial charge >= 0.3 is 0 Å². The van der Waals surface area contributed by atoms with E-state index in [-0.39, 0.29) is 28.2 Å². The minimum Gasteiger partial charge on any atom is -0.360 e. The monoisotopic (exact) mass is 435 g/mol. The summed E-state index contributed by atoms with van der Waals surface area (Å²) >= 11 is 0. The first-order valence-electron chi connectivity index (χ1n) is 12.1. The number of hydrogen-bond acceptors (Lipinski definition) is 2. The van der Waals surface area contributed by atoms with Gasteiger partial charge in [0.15, 0.2) is 0 Å². The van der Waals surface area contributed by atoms with Crippen molar-refractivity contribution in [1.29, 1.82) is 0 Å². The van der Waals surface area contributed by atoms with Crippen LogP contribution in [0.4, 0.5) is 4.39 Å². The Kier molecular flexibility index (Phi) is 5.30. The van der Waals surface area contributed by atoms with E-state index in [4.69, 9.17) is 10.7 Å². The predicted molar refractivity (Wildman–Crippen MR) is 133 cm³/mol. The van der Waals surface area contributed by atoms with E-state index < -0.39 is 6.09 Å². The Morgan fingerprint density at radius 1 is 1.09 bits per heavy atom. The van der Waals surface area contributed by atoms with E-state index in [0.29, 0.717) is 0 Å². The van der Waals surface area contributed by atoms with Gasteiger partial charge in [-0.3, -0.25) is 4.99 Å². The number of nitrogens with zero attached hydrogens (tertiary/aromatic N) is 2. The van der Waals surface area contributed by atoms with Crippen LogP contribution in [0.2, 0.25) is 0 Å². The molecule has 3 aliphatic rings. The number of aliphatic imine (C=N–C) groups is 2. The van der Waals surface area contributed by atoms with Gasteiger partial charge in [0, 0.05) is 11.5 Å². The lowest BCUT2D eigenvalue weighted by molar-refractivity contribution is 0.305. The van der Waals surface area contributed by atoms with Gasteiger partial charge in [0.2, 0.25) is 0 Å². The molecule has 1 aromatic carbocycles. The molecule has 32 heavy (non-hydrogen) atoms. The molecule has 0 fully saturated rings. The lowest BCUT2D eigenvalue weighted by atomic mass is 9.69. The van der Waals surface area contributed by atoms with E-state index in [1.54, 1.807) is 0 Å². The third-order valence-electron chi connectivity index (χ3n) is 7.95. The fraction of sp³-hybridized carbons (Fsp3) is 0.571. The van der Waals surface area contributed by atoms with Crippen LogP contribution in [0.25, 0.3) is 0 Å². The number of halogens is 1. The van der Waals surface area contributed by atoms with E-state index in [1.165, 1.54) is 22.3 Å². The van der Waals surface area contributed by atoms with E-state index in [0.717, 1.165) is 36.2 Å². The normalized spacial score (nSPS) is 29.0. The van der Waals surface area contributed by atoms with Crippen molar-refractivity contribution < 1.29 is 4.39 Å². The van der Waals surface area contributed by atoms with Crippen LogP contribution in [0, 0.1) is 11.8 Å². The smallest absolute Gasteiger partial charge is 0.280 e. The summed E-state index contributed by atoms with van der Waals surface area (Å²) in [5.74, 6) is 0.173. The van der Waals surface area contributed by atoms with Crippen LogP contribution < -0.4 is 5.73 Å². The number of amidine groups is 1. The zero-order valence-electron chi connectivity index (χ0n) is 20.9. The Balaban J connectivity index is 2.01. The third kappa shape index (κ3) is 3.21. The van der Waals surface area contributed by atoms with E-state index >= 15 is 0 Å². The number of hydrogen-bond donors (Lipinski definition) is 1. The summed E-state index contributed by atoms with van der Waals surface area (Å²) in [6.07, 6.45) is 6.29. The topological polar surface area (TPSA) is 50.7 Å². The first kappa shape index (κ1) is 22.9. The maximum Gasteiger partial charge on any atom is 0.280 e. The van der Waals surface area contributed by atoms with Crippen molar-refractivity contribution in [3.05, 3.63) is 57.8 Å². The Labute approximate surface area is 192 Å². The molecule has 2 N–H and O–H groups in total. The molecule has 0 saturated heterocycles. The Morgan fingerprint density at radius 2 is 1.72 bits per heavy atom. The van der Waals surface area contributed by atoms with Gasteiger partial charge in [0.1, 0.15) is 0 Å². The number of nitrogens with two attached hydrogens (primary N) is 1. The maximum atomic E-state index is 13.8. The molecule has 0 amide bonds. The van der Waals surface area contributed by atoms with Gasteiger partial charge in [-0.25, -0.2) is 4.99 Å². The van der Waals surface area contributed by atoms with Gasteiger partial charge in [-0.1, -0.05) is 67.5 Å². The Bertz CT molecular complexity index is 1080. The van der Waals surface area contributed by atoms with E-state index in [1.807, 2.05) is 13.8 Å². The van der Waals surface area contributed by atoms with Gasteiger partial charge in [0.25, 0.3) is 6.09 Å². The molecule has 2 heterocycles. The molecule has 2 atom stereocenters. The lowest BCUT2D eigenvalue weighted by Crippen LogP contribution is -2.33. The first-order valence-corrected chi connectivity index (χ1v) is 12.1. The highest BCUT2D eigenvalue weighted by Gasteiger charge is 2.50. The number of rotatable bonds is 4. The van der Waals surface area contributed by atoms with Gasteiger partial charge in [-0.2, -0.15) is 4.39 Å². The summed E-state index contributed by atoms with van der Waals surface area (Å²) in [4.78, 5) is 9.54. The number of fused-ring (bicyclic) bond motifs is 5. The van der Waals surface area contributed by atoms with Crippen molar-refractivity contribution in [2.45, 2.75) is 91.0 Å². The largest absolute Gasteiger partial charge is 0.360 e. The zero-order chi connectivity index (χ0) is 23.6. The number of allylic oxidation sites excluding steroid dienone is 3. The van der Waals surface area contributed by atoms with Crippen LogP contribution >= 0.6 is 0 Å². The highest BCUT2D eigenvalue weighted by atomic mass is 19.1. The summed E-state index contributed by atoms with van der Waals surface area (Å²) < 4.78 is 13.8. The molecule has 0 aromatic heterocycles. The molecule has 172 valence electrons. The van der Waals surface area contributed by atoms with Gasteiger partial charge in [-0.15, -0.1) is 0 Å². The zero-order valence-corrected chi connectivity index (χ0v) is 20.9. The fourth-order valence-corrected chi connectivity index (χ4v) is 6.83. The first-order chi connectivity index (χ1) is 14.9. The van der Waals surface area contributed by atoms with Crippen LogP contribution in [0.5, 0.6) is 0 Å². The molecule has 4 heteroatoms. The average Bonchev–Trinajstić information content (AvgIpc) is 3.01. The molecule has 2 aliphatic heterocycles. The molecular weight excluding hydrogens is 397 g/mol. The molecule has 2 unspecified atom stereocenters. The van der Waals surface area contributed by atoms with Crippen molar-refractivity contribution in [2.24, 2.45) is 27.6 Å². The molecule has 0 radical (unpaired) electrons. The van der Waals surface area contributed by atoms with Crippen molar-refractivity contribution in [2.75, 3.05) is 0 Å². The second kappa shape index (κ2) is 7.40. The highest BCUT2D eigenvalue weighted by Crippen LogP contribution is 2.56. The molecule has 1 aromatic rings. The van der Waals surface area contributed by atoms with Crippen LogP contribution in [0.3, 0.4) is 0 Å². The third-order valence-corrected chi connectivity index (χ3v) is 7.95. The average molecular weight is 436 g/mol. The van der Waals surface area contributed by atoms with Crippen molar-refractivity contribution in [3.63, 3.8) is 0 Å². The molecule has 1 aliphatic carbocycles. The maximum absolute atomic E-state index is 13.8. The SMILES string of the molecule is CCC1C(=C(N=C(N)F)C(C)C)C=CC2=NC1(CC)c1cc3c(cc12)C(C)(C)CC3(C)C. The summed E-state index contributed by atoms with van der Waals surface area (Å²) in [7, 11) is 0. The molecular formula is C28H38FN3. The standard InChI is InChI=1S/C28H38FN3/c1-9-19-17(24(16(3)4)31-25(29)30)11-12-23-18-13-21-22(27(7,8)15-26(21,5)6)14-20(18)28(19,10-2)32-23/h11-14,16,19H,9-10,15H2,1-8H3,(H2,30,31). The van der Waals surface area contributed by atoms with Crippen molar-refractivity contribution in [1.82, 2.24) is 0 Å². The van der Waals surface area contributed by atoms with Crippen LogP contribution in [-0.4, -0.2) is 11.8 Å². The summed E-state index contributed by atoms with van der Waals surface area (Å²) in [6, 6.07) is 4.88. The lowest BCUT2D eigenvalue weighted by Gasteiger charge is -2.37. The van der Waals surface area contributed by atoms with E-state index in [9.17, 15) is 4.39 Å². The predicted octanol–water partition coefficient (Wildman–Crippen LogP) is 6.84. The molecule has 0 spiro atoms. The Morgan fingerprint density at radius 3 is 2.25 bits per heavy atom. The second-order valence-corrected chi connectivity index (χ2v) is 11.4.